The van der Waals surface area contributed by atoms with Crippen molar-refractivity contribution >= 4 is 34.5 Å². The Hall–Kier alpha value is -3.10. The second-order valence-electron chi connectivity index (χ2n) is 9.42. The lowest BCUT2D eigenvalue weighted by Gasteiger charge is -2.24. The largest absolute Gasteiger partial charge is 0.380 e. The van der Waals surface area contributed by atoms with E-state index in [0.717, 1.165) is 66.6 Å². The summed E-state index contributed by atoms with van der Waals surface area (Å²) in [7, 11) is 0. The molecule has 3 aromatic rings. The first kappa shape index (κ1) is 22.4. The fourth-order valence-electron chi connectivity index (χ4n) is 4.81. The van der Waals surface area contributed by atoms with E-state index in [1.54, 1.807) is 6.07 Å². The van der Waals surface area contributed by atoms with Crippen molar-refractivity contribution in [3.8, 4) is 11.3 Å². The topological polar surface area (TPSA) is 75.6 Å². The molecule has 180 valence electrons. The zero-order chi connectivity index (χ0) is 23.8. The van der Waals surface area contributed by atoms with E-state index in [4.69, 9.17) is 14.7 Å². The minimum absolute atomic E-state index is 0.120. The molecule has 1 saturated heterocycles. The van der Waals surface area contributed by atoms with Crippen molar-refractivity contribution in [2.75, 3.05) is 42.6 Å². The number of nitrogens with zero attached hydrogens (tertiary/aromatic N) is 4. The predicted octanol–water partition coefficient (Wildman–Crippen LogP) is 4.62. The number of amides is 1. The number of para-hydroxylation sites is 1. The molecule has 2 aromatic heterocycles. The van der Waals surface area contributed by atoms with Gasteiger partial charge in [-0.25, -0.2) is 9.97 Å². The van der Waals surface area contributed by atoms with Crippen molar-refractivity contribution in [1.82, 2.24) is 9.97 Å². The number of fused-ring (bicyclic) bond motifs is 3. The lowest BCUT2D eigenvalue weighted by Crippen LogP contribution is -2.34. The van der Waals surface area contributed by atoms with Gasteiger partial charge >= 0.3 is 0 Å². The molecule has 4 heterocycles. The summed E-state index contributed by atoms with van der Waals surface area (Å²) in [6.07, 6.45) is 4.51. The van der Waals surface area contributed by atoms with Crippen molar-refractivity contribution in [3.05, 3.63) is 58.0 Å². The first-order chi connectivity index (χ1) is 17.2. The molecule has 0 N–H and O–H groups in total. The quantitative estimate of drug-likeness (QED) is 0.488. The van der Waals surface area contributed by atoms with E-state index in [0.29, 0.717) is 42.6 Å². The molecule has 1 aromatic carbocycles. The van der Waals surface area contributed by atoms with Crippen molar-refractivity contribution in [2.24, 2.45) is 5.92 Å². The zero-order valence-corrected chi connectivity index (χ0v) is 20.4. The summed E-state index contributed by atoms with van der Waals surface area (Å²) in [5, 5.41) is 0.604. The van der Waals surface area contributed by atoms with Crippen LogP contribution in [0.5, 0.6) is 0 Å². The highest BCUT2D eigenvalue weighted by Crippen LogP contribution is 2.40. The highest BCUT2D eigenvalue weighted by molar-refractivity contribution is 7.14. The molecule has 1 amide bonds. The van der Waals surface area contributed by atoms with E-state index in [1.807, 2.05) is 41.3 Å². The smallest absolute Gasteiger partial charge is 0.276 e. The van der Waals surface area contributed by atoms with Gasteiger partial charge in [0.05, 0.1) is 18.0 Å². The van der Waals surface area contributed by atoms with Crippen LogP contribution in [0.2, 0.25) is 0 Å². The number of anilines is 2. The number of Topliss-reactive ketones (excluding diaryl/α,β-unsaturated/α-hetero) is 1. The molecule has 0 bridgehead atoms. The van der Waals surface area contributed by atoms with E-state index < -0.39 is 0 Å². The van der Waals surface area contributed by atoms with E-state index >= 15 is 0 Å². The number of thiazole rings is 1. The number of carbonyl (C=O) groups is 2. The first-order valence-electron chi connectivity index (χ1n) is 12.4. The molecular formula is C27H28N4O3S. The molecule has 2 fully saturated rings. The predicted molar refractivity (Wildman–Crippen MR) is 136 cm³/mol. The standard InChI is InChI=1S/C27H28N4O3S/c32-22(17-18-9-10-18)26-29-25-19-5-1-2-7-21(19)31(13-11-23(25)35-26)27(33)20-6-3-8-24(28-20)30-12-4-15-34-16-14-30/h1-3,5-8,18H,4,9-17H2. The van der Waals surface area contributed by atoms with Crippen LogP contribution in [0.4, 0.5) is 11.5 Å². The highest BCUT2D eigenvalue weighted by atomic mass is 32.1. The minimum Gasteiger partial charge on any atom is -0.380 e. The number of carbonyl (C=O) groups excluding carboxylic acids is 2. The zero-order valence-electron chi connectivity index (χ0n) is 19.6. The number of rotatable bonds is 5. The van der Waals surface area contributed by atoms with E-state index in [9.17, 15) is 9.59 Å². The van der Waals surface area contributed by atoms with Gasteiger partial charge in [0.25, 0.3) is 5.91 Å². The molecule has 0 radical (unpaired) electrons. The van der Waals surface area contributed by atoms with Gasteiger partial charge in [-0.1, -0.05) is 24.3 Å². The van der Waals surface area contributed by atoms with Gasteiger partial charge in [0.15, 0.2) is 10.8 Å². The Balaban J connectivity index is 1.30. The molecule has 6 rings (SSSR count). The summed E-state index contributed by atoms with van der Waals surface area (Å²) in [6.45, 7) is 3.58. The second kappa shape index (κ2) is 9.51. The van der Waals surface area contributed by atoms with Gasteiger partial charge < -0.3 is 14.5 Å². The van der Waals surface area contributed by atoms with Crippen molar-refractivity contribution in [1.29, 1.82) is 0 Å². The van der Waals surface area contributed by atoms with Gasteiger partial charge in [-0.15, -0.1) is 11.3 Å². The normalized spacial score (nSPS) is 17.8. The molecule has 3 aliphatic rings. The number of aromatic nitrogens is 2. The van der Waals surface area contributed by atoms with Gasteiger partial charge in [0.1, 0.15) is 11.5 Å². The molecule has 0 unspecified atom stereocenters. The van der Waals surface area contributed by atoms with Crippen LogP contribution in [0.3, 0.4) is 0 Å². The molecule has 1 saturated carbocycles. The van der Waals surface area contributed by atoms with Crippen LogP contribution in [0.15, 0.2) is 42.5 Å². The molecule has 7 nitrogen and oxygen atoms in total. The molecule has 8 heteroatoms. The Morgan fingerprint density at radius 2 is 1.89 bits per heavy atom. The Labute approximate surface area is 208 Å². The van der Waals surface area contributed by atoms with Crippen LogP contribution in [-0.4, -0.2) is 54.5 Å². The Morgan fingerprint density at radius 3 is 2.77 bits per heavy atom. The third-order valence-corrected chi connectivity index (χ3v) is 8.02. The monoisotopic (exact) mass is 488 g/mol. The number of hydrogen-bond acceptors (Lipinski definition) is 7. The average Bonchev–Trinajstić information content (AvgIpc) is 3.68. The van der Waals surface area contributed by atoms with Crippen LogP contribution in [0.1, 0.15) is 50.9 Å². The summed E-state index contributed by atoms with van der Waals surface area (Å²) in [4.78, 5) is 41.0. The fraction of sp³-hybridized carbons (Fsp3) is 0.407. The highest BCUT2D eigenvalue weighted by Gasteiger charge is 2.31. The number of pyridine rings is 1. The lowest BCUT2D eigenvalue weighted by atomic mass is 10.1. The summed E-state index contributed by atoms with van der Waals surface area (Å²) in [5.41, 5.74) is 2.99. The minimum atomic E-state index is -0.120. The number of ketones is 1. The SMILES string of the molecule is O=C(CC1CC1)c1nc2c(s1)CCN(C(=O)c1cccc(N3CCCOCC3)n1)c1ccccc1-2. The van der Waals surface area contributed by atoms with Gasteiger partial charge in [-0.2, -0.15) is 0 Å². The summed E-state index contributed by atoms with van der Waals surface area (Å²) in [6, 6.07) is 13.5. The van der Waals surface area contributed by atoms with Gasteiger partial charge in [0.2, 0.25) is 0 Å². The maximum atomic E-state index is 13.7. The average molecular weight is 489 g/mol. The van der Waals surface area contributed by atoms with E-state index in [2.05, 4.69) is 4.90 Å². The van der Waals surface area contributed by atoms with Crippen LogP contribution < -0.4 is 9.80 Å². The fourth-order valence-corrected chi connectivity index (χ4v) is 5.82. The molecule has 35 heavy (non-hydrogen) atoms. The van der Waals surface area contributed by atoms with Crippen molar-refractivity contribution < 1.29 is 14.3 Å². The third-order valence-electron chi connectivity index (χ3n) is 6.86. The van der Waals surface area contributed by atoms with Gasteiger partial charge in [0, 0.05) is 49.5 Å². The molecule has 0 spiro atoms. The Bertz CT molecular complexity index is 1260. The number of hydrogen-bond donors (Lipinski definition) is 0. The molecule has 2 aliphatic heterocycles. The molecular weight excluding hydrogens is 460 g/mol. The maximum Gasteiger partial charge on any atom is 0.276 e. The first-order valence-corrected chi connectivity index (χ1v) is 13.2. The van der Waals surface area contributed by atoms with Gasteiger partial charge in [-0.05, 0) is 43.4 Å². The Kier molecular flexibility index (Phi) is 6.08. The van der Waals surface area contributed by atoms with Gasteiger partial charge in [-0.3, -0.25) is 9.59 Å². The van der Waals surface area contributed by atoms with Crippen molar-refractivity contribution in [3.63, 3.8) is 0 Å². The number of ether oxygens (including phenoxy) is 1. The second-order valence-corrected chi connectivity index (χ2v) is 10.5. The third kappa shape index (κ3) is 4.60. The van der Waals surface area contributed by atoms with Crippen LogP contribution in [0, 0.1) is 5.92 Å². The van der Waals surface area contributed by atoms with Crippen LogP contribution in [-0.2, 0) is 11.2 Å². The van der Waals surface area contributed by atoms with Crippen LogP contribution in [0.25, 0.3) is 11.3 Å². The van der Waals surface area contributed by atoms with Crippen molar-refractivity contribution in [2.45, 2.75) is 32.1 Å². The van der Waals surface area contributed by atoms with E-state index in [1.165, 1.54) is 11.3 Å². The summed E-state index contributed by atoms with van der Waals surface area (Å²) < 4.78 is 5.57. The van der Waals surface area contributed by atoms with E-state index in [-0.39, 0.29) is 11.7 Å². The van der Waals surface area contributed by atoms with Crippen LogP contribution >= 0.6 is 11.3 Å². The summed E-state index contributed by atoms with van der Waals surface area (Å²) in [5.74, 6) is 1.38. The molecule has 1 aliphatic carbocycles. The Morgan fingerprint density at radius 1 is 1.00 bits per heavy atom. The molecule has 0 atom stereocenters. The maximum absolute atomic E-state index is 13.7. The lowest BCUT2D eigenvalue weighted by molar-refractivity contribution is 0.0970. The number of benzene rings is 1. The summed E-state index contributed by atoms with van der Waals surface area (Å²) >= 11 is 1.49.